The molecule has 0 unspecified atom stereocenters. The van der Waals surface area contributed by atoms with Gasteiger partial charge in [-0.1, -0.05) is 18.2 Å². The van der Waals surface area contributed by atoms with Crippen LogP contribution in [-0.2, 0) is 11.3 Å². The highest BCUT2D eigenvalue weighted by atomic mass is 32.2. The molecule has 0 aliphatic carbocycles. The Balaban J connectivity index is 1.38. The fourth-order valence-electron chi connectivity index (χ4n) is 3.07. The van der Waals surface area contributed by atoms with E-state index in [1.165, 1.54) is 0 Å². The number of thioether (sulfide) groups is 1. The van der Waals surface area contributed by atoms with Crippen LogP contribution in [0.15, 0.2) is 47.4 Å². The van der Waals surface area contributed by atoms with Crippen molar-refractivity contribution in [1.29, 1.82) is 0 Å². The van der Waals surface area contributed by atoms with Crippen LogP contribution in [0.1, 0.15) is 28.8 Å². The third kappa shape index (κ3) is 3.97. The van der Waals surface area contributed by atoms with E-state index in [9.17, 15) is 4.79 Å². The fraction of sp³-hybridized carbons (Fsp3) is 0.350. The van der Waals surface area contributed by atoms with Crippen molar-refractivity contribution in [2.24, 2.45) is 0 Å². The molecule has 1 fully saturated rings. The maximum atomic E-state index is 12.7. The van der Waals surface area contributed by atoms with Gasteiger partial charge in [0.1, 0.15) is 0 Å². The molecule has 0 bridgehead atoms. The van der Waals surface area contributed by atoms with E-state index in [-0.39, 0.29) is 12.7 Å². The largest absolute Gasteiger partial charge is 0.454 e. The van der Waals surface area contributed by atoms with Crippen LogP contribution in [0.5, 0.6) is 11.5 Å². The van der Waals surface area contributed by atoms with Crippen LogP contribution in [0.4, 0.5) is 0 Å². The molecule has 2 aliphatic heterocycles. The van der Waals surface area contributed by atoms with E-state index in [4.69, 9.17) is 14.2 Å². The smallest absolute Gasteiger partial charge is 0.252 e. The molecule has 0 aromatic heterocycles. The Labute approximate surface area is 157 Å². The molecule has 1 amide bonds. The summed E-state index contributed by atoms with van der Waals surface area (Å²) in [6.45, 7) is 1.55. The molecule has 1 N–H and O–H groups in total. The molecule has 0 spiro atoms. The predicted molar refractivity (Wildman–Crippen MR) is 99.9 cm³/mol. The van der Waals surface area contributed by atoms with Crippen molar-refractivity contribution in [1.82, 2.24) is 5.32 Å². The summed E-state index contributed by atoms with van der Waals surface area (Å²) in [6.07, 6.45) is 2.53. The van der Waals surface area contributed by atoms with Gasteiger partial charge in [0.05, 0.1) is 11.7 Å². The first-order valence-corrected chi connectivity index (χ1v) is 9.78. The zero-order chi connectivity index (χ0) is 17.8. The lowest BCUT2D eigenvalue weighted by Crippen LogP contribution is -2.23. The van der Waals surface area contributed by atoms with Crippen molar-refractivity contribution >= 4 is 17.7 Å². The van der Waals surface area contributed by atoms with Crippen molar-refractivity contribution in [3.8, 4) is 11.5 Å². The molecule has 2 heterocycles. The number of carbonyl (C=O) groups excluding carboxylic acids is 1. The second kappa shape index (κ2) is 8.01. The van der Waals surface area contributed by atoms with Crippen LogP contribution in [0.25, 0.3) is 0 Å². The first-order valence-electron chi connectivity index (χ1n) is 8.80. The minimum Gasteiger partial charge on any atom is -0.454 e. The minimum atomic E-state index is -0.0712. The second-order valence-electron chi connectivity index (χ2n) is 6.31. The number of nitrogens with one attached hydrogen (secondary N) is 1. The third-order valence-corrected chi connectivity index (χ3v) is 5.68. The van der Waals surface area contributed by atoms with E-state index >= 15 is 0 Å². The topological polar surface area (TPSA) is 56.8 Å². The first-order chi connectivity index (χ1) is 12.8. The van der Waals surface area contributed by atoms with E-state index < -0.39 is 0 Å². The van der Waals surface area contributed by atoms with Crippen molar-refractivity contribution in [2.75, 3.05) is 19.2 Å². The minimum absolute atomic E-state index is 0.0712. The molecular weight excluding hydrogens is 350 g/mol. The van der Waals surface area contributed by atoms with Crippen molar-refractivity contribution in [2.45, 2.75) is 30.4 Å². The highest BCUT2D eigenvalue weighted by molar-refractivity contribution is 7.99. The first kappa shape index (κ1) is 17.2. The molecule has 2 aliphatic rings. The van der Waals surface area contributed by atoms with Crippen molar-refractivity contribution in [3.63, 3.8) is 0 Å². The van der Waals surface area contributed by atoms with E-state index in [0.29, 0.717) is 18.2 Å². The number of hydrogen-bond acceptors (Lipinski definition) is 5. The molecule has 6 heteroatoms. The maximum Gasteiger partial charge on any atom is 0.252 e. The normalized spacial score (nSPS) is 18.1. The highest BCUT2D eigenvalue weighted by Crippen LogP contribution is 2.32. The second-order valence-corrected chi connectivity index (χ2v) is 7.37. The standard InChI is InChI=1S/C20H21NO4S/c22-20(21-11-14-7-8-17-18(10-14)25-13-24-17)16-5-1-2-6-19(16)26-12-15-4-3-9-23-15/h1-2,5-8,10,15H,3-4,9,11-13H2,(H,21,22)/t15-/m0/s1. The molecule has 2 aromatic carbocycles. The molecule has 1 saturated heterocycles. The number of ether oxygens (including phenoxy) is 3. The highest BCUT2D eigenvalue weighted by Gasteiger charge is 2.18. The lowest BCUT2D eigenvalue weighted by molar-refractivity contribution is 0.0947. The van der Waals surface area contributed by atoms with Crippen LogP contribution in [0.2, 0.25) is 0 Å². The molecule has 26 heavy (non-hydrogen) atoms. The van der Waals surface area contributed by atoms with Gasteiger partial charge < -0.3 is 19.5 Å². The zero-order valence-electron chi connectivity index (χ0n) is 14.4. The van der Waals surface area contributed by atoms with E-state index in [2.05, 4.69) is 5.32 Å². The molecule has 1 atom stereocenters. The summed E-state index contributed by atoms with van der Waals surface area (Å²) < 4.78 is 16.4. The Morgan fingerprint density at radius 1 is 1.15 bits per heavy atom. The average Bonchev–Trinajstić information content (AvgIpc) is 3.35. The van der Waals surface area contributed by atoms with E-state index in [0.717, 1.165) is 47.2 Å². The summed E-state index contributed by atoms with van der Waals surface area (Å²) in [5, 5.41) is 2.99. The van der Waals surface area contributed by atoms with Gasteiger partial charge in [-0.25, -0.2) is 0 Å². The van der Waals surface area contributed by atoms with Crippen LogP contribution in [0.3, 0.4) is 0 Å². The Morgan fingerprint density at radius 3 is 2.92 bits per heavy atom. The lowest BCUT2D eigenvalue weighted by Gasteiger charge is -2.12. The predicted octanol–water partition coefficient (Wildman–Crippen LogP) is 3.62. The summed E-state index contributed by atoms with van der Waals surface area (Å²) in [4.78, 5) is 13.6. The Morgan fingerprint density at radius 2 is 2.04 bits per heavy atom. The van der Waals surface area contributed by atoms with E-state index in [1.54, 1.807) is 11.8 Å². The van der Waals surface area contributed by atoms with Gasteiger partial charge in [0.15, 0.2) is 11.5 Å². The molecule has 4 rings (SSSR count). The molecule has 2 aromatic rings. The summed E-state index contributed by atoms with van der Waals surface area (Å²) in [5.41, 5.74) is 1.68. The molecule has 136 valence electrons. The quantitative estimate of drug-likeness (QED) is 0.786. The lowest BCUT2D eigenvalue weighted by atomic mass is 10.1. The molecular formula is C20H21NO4S. The maximum absolute atomic E-state index is 12.7. The van der Waals surface area contributed by atoms with Crippen LogP contribution >= 0.6 is 11.8 Å². The van der Waals surface area contributed by atoms with E-state index in [1.807, 2.05) is 42.5 Å². The summed E-state index contributed by atoms with van der Waals surface area (Å²) in [5.74, 6) is 2.28. The molecule has 5 nitrogen and oxygen atoms in total. The Kier molecular flexibility index (Phi) is 5.32. The van der Waals surface area contributed by atoms with Gasteiger partial charge in [-0.3, -0.25) is 4.79 Å². The fourth-order valence-corrected chi connectivity index (χ4v) is 4.19. The van der Waals surface area contributed by atoms with Gasteiger partial charge in [0, 0.05) is 23.8 Å². The number of carbonyl (C=O) groups is 1. The van der Waals surface area contributed by atoms with Gasteiger partial charge in [0.2, 0.25) is 6.79 Å². The summed E-state index contributed by atoms with van der Waals surface area (Å²) in [6, 6.07) is 13.4. The number of amides is 1. The van der Waals surface area contributed by atoms with Crippen molar-refractivity contribution in [3.05, 3.63) is 53.6 Å². The summed E-state index contributed by atoms with van der Waals surface area (Å²) in [7, 11) is 0. The van der Waals surface area contributed by atoms with Gasteiger partial charge in [-0.2, -0.15) is 0 Å². The SMILES string of the molecule is O=C(NCc1ccc2c(c1)OCO2)c1ccccc1SC[C@@H]1CCCO1. The number of fused-ring (bicyclic) bond motifs is 1. The Bertz CT molecular complexity index is 789. The molecule has 0 radical (unpaired) electrons. The molecule has 0 saturated carbocycles. The third-order valence-electron chi connectivity index (χ3n) is 4.47. The van der Waals surface area contributed by atoms with Gasteiger partial charge in [0.25, 0.3) is 5.91 Å². The van der Waals surface area contributed by atoms with Crippen LogP contribution < -0.4 is 14.8 Å². The Hall–Kier alpha value is -2.18. The zero-order valence-corrected chi connectivity index (χ0v) is 15.2. The number of rotatable bonds is 6. The van der Waals surface area contributed by atoms with Crippen LogP contribution in [0, 0.1) is 0 Å². The summed E-state index contributed by atoms with van der Waals surface area (Å²) >= 11 is 1.69. The van der Waals surface area contributed by atoms with Crippen LogP contribution in [-0.4, -0.2) is 31.2 Å². The van der Waals surface area contributed by atoms with Crippen molar-refractivity contribution < 1.29 is 19.0 Å². The number of benzene rings is 2. The van der Waals surface area contributed by atoms with Gasteiger partial charge >= 0.3 is 0 Å². The van der Waals surface area contributed by atoms with Gasteiger partial charge in [-0.15, -0.1) is 11.8 Å². The monoisotopic (exact) mass is 371 g/mol. The average molecular weight is 371 g/mol. The number of hydrogen-bond donors (Lipinski definition) is 1. The van der Waals surface area contributed by atoms with Gasteiger partial charge in [-0.05, 0) is 42.7 Å².